The first kappa shape index (κ1) is 25.1. The van der Waals surface area contributed by atoms with Gasteiger partial charge >= 0.3 is 6.03 Å². The SMILES string of the molecule is CSc1nc(C)nc(SC)c1NC(=O)Nc1c(-c2ccccc2Cl)c2cc(C)ccc2n(C)c1=O. The second kappa shape index (κ2) is 10.3. The number of aromatic nitrogens is 3. The van der Waals surface area contributed by atoms with Gasteiger partial charge in [-0.25, -0.2) is 14.8 Å². The number of benzene rings is 2. The van der Waals surface area contributed by atoms with E-state index >= 15 is 0 Å². The zero-order chi connectivity index (χ0) is 25.3. The molecule has 0 aliphatic rings. The monoisotopic (exact) mass is 525 g/mol. The standard InChI is InChI=1S/C25H24ClN5O2S2/c1-13-10-11-18-16(12-13)19(15-8-6-7-9-17(15)26)20(24(32)31(18)3)29-25(33)30-21-22(34-4)27-14(2)28-23(21)35-5/h6-12H,1-5H3,(H2,29,30,33). The Bertz CT molecular complexity index is 1500. The van der Waals surface area contributed by atoms with Crippen LogP contribution in [0.4, 0.5) is 16.2 Å². The molecule has 0 saturated carbocycles. The number of nitrogens with one attached hydrogen (secondary N) is 2. The van der Waals surface area contributed by atoms with Crippen LogP contribution >= 0.6 is 35.1 Å². The zero-order valence-electron chi connectivity index (χ0n) is 19.9. The first-order valence-corrected chi connectivity index (χ1v) is 13.5. The Hall–Kier alpha value is -3.01. The molecule has 4 rings (SSSR count). The molecule has 4 aromatic rings. The van der Waals surface area contributed by atoms with Gasteiger partial charge in [0.05, 0.1) is 5.52 Å². The van der Waals surface area contributed by atoms with Crippen molar-refractivity contribution in [2.75, 3.05) is 23.1 Å². The van der Waals surface area contributed by atoms with Crippen molar-refractivity contribution in [3.05, 3.63) is 69.2 Å². The van der Waals surface area contributed by atoms with Crippen LogP contribution in [-0.4, -0.2) is 33.1 Å². The molecule has 0 saturated heterocycles. The summed E-state index contributed by atoms with van der Waals surface area (Å²) in [4.78, 5) is 35.6. The lowest BCUT2D eigenvalue weighted by Gasteiger charge is -2.19. The molecule has 0 atom stereocenters. The highest BCUT2D eigenvalue weighted by atomic mass is 35.5. The number of amides is 2. The molecule has 7 nitrogen and oxygen atoms in total. The minimum Gasteiger partial charge on any atom is -0.310 e. The van der Waals surface area contributed by atoms with E-state index in [4.69, 9.17) is 11.6 Å². The van der Waals surface area contributed by atoms with Gasteiger partial charge < -0.3 is 15.2 Å². The molecule has 2 amide bonds. The number of carbonyl (C=O) groups excluding carboxylic acids is 1. The van der Waals surface area contributed by atoms with Gasteiger partial charge in [-0.15, -0.1) is 23.5 Å². The number of carbonyl (C=O) groups is 1. The Morgan fingerprint density at radius 1 is 0.971 bits per heavy atom. The molecule has 0 bridgehead atoms. The van der Waals surface area contributed by atoms with E-state index in [1.165, 1.54) is 28.1 Å². The summed E-state index contributed by atoms with van der Waals surface area (Å²) in [5, 5.41) is 8.24. The van der Waals surface area contributed by atoms with Gasteiger partial charge in [-0.2, -0.15) is 0 Å². The topological polar surface area (TPSA) is 88.9 Å². The lowest BCUT2D eigenvalue weighted by Crippen LogP contribution is -2.29. The molecular weight excluding hydrogens is 502 g/mol. The van der Waals surface area contributed by atoms with E-state index in [1.54, 1.807) is 20.0 Å². The lowest BCUT2D eigenvalue weighted by molar-refractivity contribution is 0.262. The van der Waals surface area contributed by atoms with Crippen LogP contribution in [0.15, 0.2) is 57.3 Å². The number of fused-ring (bicyclic) bond motifs is 1. The van der Waals surface area contributed by atoms with E-state index in [9.17, 15) is 9.59 Å². The largest absolute Gasteiger partial charge is 0.324 e. The molecule has 2 N–H and O–H groups in total. The average Bonchev–Trinajstić information content (AvgIpc) is 2.84. The third-order valence-corrected chi connectivity index (χ3v) is 7.21. The van der Waals surface area contributed by atoms with Gasteiger partial charge in [-0.05, 0) is 44.6 Å². The van der Waals surface area contributed by atoms with Crippen LogP contribution < -0.4 is 16.2 Å². The van der Waals surface area contributed by atoms with E-state index in [0.29, 0.717) is 37.7 Å². The number of hydrogen-bond acceptors (Lipinski definition) is 6. The van der Waals surface area contributed by atoms with Crippen LogP contribution in [0.1, 0.15) is 11.4 Å². The smallest absolute Gasteiger partial charge is 0.310 e. The molecule has 2 aromatic carbocycles. The molecule has 0 unspecified atom stereocenters. The molecule has 0 fully saturated rings. The number of rotatable bonds is 5. The fraction of sp³-hybridized carbons (Fsp3) is 0.200. The average molecular weight is 526 g/mol. The Morgan fingerprint density at radius 2 is 1.60 bits per heavy atom. The zero-order valence-corrected chi connectivity index (χ0v) is 22.3. The van der Waals surface area contributed by atoms with E-state index < -0.39 is 6.03 Å². The summed E-state index contributed by atoms with van der Waals surface area (Å²) in [5.41, 5.74) is 3.28. The summed E-state index contributed by atoms with van der Waals surface area (Å²) >= 11 is 9.38. The van der Waals surface area contributed by atoms with Crippen molar-refractivity contribution < 1.29 is 4.79 Å². The lowest BCUT2D eigenvalue weighted by atomic mass is 9.97. The fourth-order valence-electron chi connectivity index (χ4n) is 3.90. The van der Waals surface area contributed by atoms with Gasteiger partial charge in [-0.1, -0.05) is 41.4 Å². The molecule has 180 valence electrons. The van der Waals surface area contributed by atoms with Crippen LogP contribution in [0.25, 0.3) is 22.0 Å². The highest BCUT2D eigenvalue weighted by Crippen LogP contribution is 2.38. The summed E-state index contributed by atoms with van der Waals surface area (Å²) < 4.78 is 1.53. The predicted molar refractivity (Wildman–Crippen MR) is 147 cm³/mol. The summed E-state index contributed by atoms with van der Waals surface area (Å²) in [6.45, 7) is 3.78. The van der Waals surface area contributed by atoms with Crippen LogP contribution in [0.2, 0.25) is 5.02 Å². The third-order valence-electron chi connectivity index (χ3n) is 5.51. The Kier molecular flexibility index (Phi) is 7.39. The summed E-state index contributed by atoms with van der Waals surface area (Å²) in [6, 6.07) is 12.5. The summed E-state index contributed by atoms with van der Waals surface area (Å²) in [5.74, 6) is 0.615. The van der Waals surface area contributed by atoms with E-state index in [-0.39, 0.29) is 11.2 Å². The Labute approximate surface area is 216 Å². The maximum absolute atomic E-state index is 13.5. The number of aryl methyl sites for hydroxylation is 3. The molecule has 0 aliphatic heterocycles. The number of hydrogen-bond donors (Lipinski definition) is 2. The number of thioether (sulfide) groups is 2. The molecule has 2 heterocycles. The number of urea groups is 1. The van der Waals surface area contributed by atoms with E-state index in [1.807, 2.05) is 55.8 Å². The first-order valence-electron chi connectivity index (χ1n) is 10.7. The summed E-state index contributed by atoms with van der Waals surface area (Å²) in [6.07, 6.45) is 3.76. The molecule has 35 heavy (non-hydrogen) atoms. The quantitative estimate of drug-likeness (QED) is 0.233. The molecule has 0 aliphatic carbocycles. The third kappa shape index (κ3) is 4.89. The fourth-order valence-corrected chi connectivity index (χ4v) is 5.35. The second-order valence-electron chi connectivity index (χ2n) is 7.86. The molecular formula is C25H24ClN5O2S2. The van der Waals surface area contributed by atoms with Gasteiger partial charge in [0.15, 0.2) is 0 Å². The van der Waals surface area contributed by atoms with Crippen molar-refractivity contribution in [1.29, 1.82) is 0 Å². The molecule has 10 heteroatoms. The number of nitrogens with zero attached hydrogens (tertiary/aromatic N) is 3. The van der Waals surface area contributed by atoms with Crippen LogP contribution in [0.5, 0.6) is 0 Å². The van der Waals surface area contributed by atoms with Crippen LogP contribution in [-0.2, 0) is 7.05 Å². The Balaban J connectivity index is 1.89. The predicted octanol–water partition coefficient (Wildman–Crippen LogP) is 6.35. The Morgan fingerprint density at radius 3 is 2.23 bits per heavy atom. The normalized spacial score (nSPS) is 11.0. The van der Waals surface area contributed by atoms with Gasteiger partial charge in [0.1, 0.15) is 27.3 Å². The highest BCUT2D eigenvalue weighted by Gasteiger charge is 2.22. The highest BCUT2D eigenvalue weighted by molar-refractivity contribution is 7.99. The van der Waals surface area contributed by atoms with Crippen LogP contribution in [0.3, 0.4) is 0 Å². The van der Waals surface area contributed by atoms with Crippen molar-refractivity contribution >= 4 is 63.4 Å². The van der Waals surface area contributed by atoms with E-state index in [0.717, 1.165) is 16.5 Å². The van der Waals surface area contributed by atoms with Crippen LogP contribution in [0, 0.1) is 13.8 Å². The van der Waals surface area contributed by atoms with Gasteiger partial charge in [0, 0.05) is 28.6 Å². The van der Waals surface area contributed by atoms with Crippen molar-refractivity contribution in [1.82, 2.24) is 14.5 Å². The maximum Gasteiger partial charge on any atom is 0.324 e. The number of pyridine rings is 1. The first-order chi connectivity index (χ1) is 16.7. The van der Waals surface area contributed by atoms with Crippen molar-refractivity contribution in [3.63, 3.8) is 0 Å². The van der Waals surface area contributed by atoms with Gasteiger partial charge in [0.2, 0.25) is 0 Å². The number of anilines is 2. The van der Waals surface area contributed by atoms with E-state index in [2.05, 4.69) is 20.6 Å². The van der Waals surface area contributed by atoms with Crippen molar-refractivity contribution in [2.45, 2.75) is 23.9 Å². The maximum atomic E-state index is 13.5. The van der Waals surface area contributed by atoms with Gasteiger partial charge in [0.25, 0.3) is 5.56 Å². The summed E-state index contributed by atoms with van der Waals surface area (Å²) in [7, 11) is 1.69. The molecule has 0 radical (unpaired) electrons. The number of halogens is 1. The second-order valence-corrected chi connectivity index (χ2v) is 9.86. The van der Waals surface area contributed by atoms with Gasteiger partial charge in [-0.3, -0.25) is 4.79 Å². The van der Waals surface area contributed by atoms with Crippen molar-refractivity contribution in [2.24, 2.45) is 7.05 Å². The molecule has 0 spiro atoms. The van der Waals surface area contributed by atoms with Crippen molar-refractivity contribution in [3.8, 4) is 11.1 Å². The minimum absolute atomic E-state index is 0.139. The molecule has 2 aromatic heterocycles. The minimum atomic E-state index is -0.569.